The number of thioether (sulfide) groups is 1. The maximum absolute atomic E-state index is 12.3. The number of nitrogens with zero attached hydrogens (tertiary/aromatic N) is 3. The highest BCUT2D eigenvalue weighted by molar-refractivity contribution is 8.14. The fraction of sp³-hybridized carbons (Fsp3) is 0.182. The van der Waals surface area contributed by atoms with Gasteiger partial charge in [-0.2, -0.15) is 5.10 Å². The van der Waals surface area contributed by atoms with Gasteiger partial charge in [-0.3, -0.25) is 19.2 Å². The highest BCUT2D eigenvalue weighted by Gasteiger charge is 2.29. The lowest BCUT2D eigenvalue weighted by Crippen LogP contribution is -2.29. The second-order valence-corrected chi connectivity index (χ2v) is 7.94. The quantitative estimate of drug-likeness (QED) is 0.593. The molecule has 1 aromatic heterocycles. The predicted molar refractivity (Wildman–Crippen MR) is 118 cm³/mol. The van der Waals surface area contributed by atoms with Gasteiger partial charge in [0.05, 0.1) is 18.8 Å². The van der Waals surface area contributed by atoms with Gasteiger partial charge < -0.3 is 10.6 Å². The molecule has 9 heteroatoms. The largest absolute Gasteiger partial charge is 0.334 e. The molecule has 1 saturated heterocycles. The molecule has 0 bridgehead atoms. The zero-order valence-electron chi connectivity index (χ0n) is 16.7. The van der Waals surface area contributed by atoms with E-state index in [2.05, 4.69) is 15.7 Å². The number of aromatic nitrogens is 2. The van der Waals surface area contributed by atoms with Gasteiger partial charge in [-0.25, -0.2) is 4.79 Å². The van der Waals surface area contributed by atoms with Crippen LogP contribution in [0.15, 0.2) is 67.0 Å². The van der Waals surface area contributed by atoms with E-state index < -0.39 is 0 Å². The van der Waals surface area contributed by atoms with Crippen molar-refractivity contribution in [3.05, 3.63) is 83.7 Å². The summed E-state index contributed by atoms with van der Waals surface area (Å²) in [6.45, 7) is 1.26. The first kappa shape index (κ1) is 20.7. The van der Waals surface area contributed by atoms with Gasteiger partial charge in [-0.1, -0.05) is 48.2 Å². The fourth-order valence-electron chi connectivity index (χ4n) is 3.21. The van der Waals surface area contributed by atoms with Crippen LogP contribution in [0.1, 0.15) is 16.7 Å². The number of anilines is 1. The minimum Gasteiger partial charge on any atom is -0.334 e. The van der Waals surface area contributed by atoms with Crippen LogP contribution in [0.25, 0.3) is 0 Å². The third kappa shape index (κ3) is 5.32. The number of hydrogen-bond donors (Lipinski definition) is 2. The third-order valence-corrected chi connectivity index (χ3v) is 5.70. The van der Waals surface area contributed by atoms with Gasteiger partial charge in [0, 0.05) is 24.6 Å². The van der Waals surface area contributed by atoms with E-state index >= 15 is 0 Å². The zero-order chi connectivity index (χ0) is 21.6. The van der Waals surface area contributed by atoms with Crippen molar-refractivity contribution in [1.82, 2.24) is 20.0 Å². The Balaban J connectivity index is 1.30. The monoisotopic (exact) mass is 435 g/mol. The van der Waals surface area contributed by atoms with Gasteiger partial charge in [0.15, 0.2) is 0 Å². The molecule has 4 amide bonds. The molecule has 2 heterocycles. The van der Waals surface area contributed by atoms with Crippen molar-refractivity contribution >= 4 is 34.6 Å². The van der Waals surface area contributed by atoms with E-state index in [1.54, 1.807) is 30.5 Å². The fourth-order valence-corrected chi connectivity index (χ4v) is 3.94. The lowest BCUT2D eigenvalue weighted by Gasteiger charge is -2.14. The Morgan fingerprint density at radius 3 is 2.45 bits per heavy atom. The molecule has 0 aliphatic carbocycles. The Bertz CT molecular complexity index is 1070. The van der Waals surface area contributed by atoms with E-state index in [1.165, 1.54) is 4.90 Å². The molecule has 2 N–H and O–H groups in total. The Kier molecular flexibility index (Phi) is 6.32. The summed E-state index contributed by atoms with van der Waals surface area (Å²) in [5, 5.41) is 9.67. The first-order valence-corrected chi connectivity index (χ1v) is 10.7. The van der Waals surface area contributed by atoms with Gasteiger partial charge in [-0.05, 0) is 34.9 Å². The van der Waals surface area contributed by atoms with Crippen molar-refractivity contribution in [3.8, 4) is 0 Å². The van der Waals surface area contributed by atoms with Crippen molar-refractivity contribution < 1.29 is 14.4 Å². The van der Waals surface area contributed by atoms with Crippen molar-refractivity contribution in [1.29, 1.82) is 0 Å². The number of benzene rings is 2. The average molecular weight is 436 g/mol. The highest BCUT2D eigenvalue weighted by atomic mass is 32.2. The van der Waals surface area contributed by atoms with Crippen LogP contribution in [0.5, 0.6) is 0 Å². The molecule has 31 heavy (non-hydrogen) atoms. The molecule has 0 atom stereocenters. The van der Waals surface area contributed by atoms with E-state index in [4.69, 9.17) is 0 Å². The molecule has 0 spiro atoms. The van der Waals surface area contributed by atoms with Crippen LogP contribution in [0.4, 0.5) is 15.3 Å². The topological polar surface area (TPSA) is 96.3 Å². The molecule has 4 rings (SSSR count). The Morgan fingerprint density at radius 1 is 1.00 bits per heavy atom. The van der Waals surface area contributed by atoms with E-state index in [0.29, 0.717) is 18.8 Å². The van der Waals surface area contributed by atoms with Gasteiger partial charge in [0.25, 0.3) is 5.24 Å². The summed E-state index contributed by atoms with van der Waals surface area (Å²) in [6, 6.07) is 16.5. The Labute approximate surface area is 183 Å². The number of rotatable bonds is 7. The molecule has 8 nitrogen and oxygen atoms in total. The minimum atomic E-state index is -0.317. The van der Waals surface area contributed by atoms with Gasteiger partial charge in [-0.15, -0.1) is 0 Å². The molecule has 1 fully saturated rings. The van der Waals surface area contributed by atoms with Crippen LogP contribution in [-0.2, 0) is 24.4 Å². The summed E-state index contributed by atoms with van der Waals surface area (Å²) in [5.41, 5.74) is 3.54. The molecule has 0 saturated carbocycles. The number of urea groups is 1. The lowest BCUT2D eigenvalue weighted by atomic mass is 10.1. The van der Waals surface area contributed by atoms with Gasteiger partial charge >= 0.3 is 6.03 Å². The summed E-state index contributed by atoms with van der Waals surface area (Å²) in [4.78, 5) is 37.0. The van der Waals surface area contributed by atoms with Crippen molar-refractivity contribution in [2.75, 3.05) is 11.1 Å². The summed E-state index contributed by atoms with van der Waals surface area (Å²) >= 11 is 1.02. The van der Waals surface area contributed by atoms with Crippen LogP contribution >= 0.6 is 11.8 Å². The third-order valence-electron chi connectivity index (χ3n) is 4.84. The molecule has 1 aliphatic heterocycles. The van der Waals surface area contributed by atoms with E-state index in [0.717, 1.165) is 28.5 Å². The average Bonchev–Trinajstić information content (AvgIpc) is 3.40. The predicted octanol–water partition coefficient (Wildman–Crippen LogP) is 3.45. The van der Waals surface area contributed by atoms with Crippen LogP contribution in [-0.4, -0.2) is 37.6 Å². The minimum absolute atomic E-state index is 0.176. The second kappa shape index (κ2) is 9.48. The summed E-state index contributed by atoms with van der Waals surface area (Å²) in [5.74, 6) is 0.0217. The number of hydrogen-bond acceptors (Lipinski definition) is 5. The molecule has 3 aromatic rings. The van der Waals surface area contributed by atoms with Crippen molar-refractivity contribution in [2.45, 2.75) is 19.6 Å². The van der Waals surface area contributed by atoms with Gasteiger partial charge in [0.2, 0.25) is 5.91 Å². The van der Waals surface area contributed by atoms with Crippen LogP contribution in [0.3, 0.4) is 0 Å². The maximum Gasteiger partial charge on any atom is 0.319 e. The second-order valence-electron chi connectivity index (χ2n) is 7.01. The standard InChI is InChI=1S/C22H21N5O3S/c28-20-15-31-22(30)27(20)13-16-6-8-19(9-7-16)25-21(29)23-12-17-4-1-2-5-18(17)14-26-11-3-10-24-26/h1-11H,12-15H2,(H2,23,25,29). The Morgan fingerprint density at radius 2 is 1.77 bits per heavy atom. The number of imide groups is 1. The molecular formula is C22H21N5O3S. The van der Waals surface area contributed by atoms with Crippen LogP contribution in [0, 0.1) is 0 Å². The van der Waals surface area contributed by atoms with Crippen molar-refractivity contribution in [3.63, 3.8) is 0 Å². The normalized spacial score (nSPS) is 13.5. The lowest BCUT2D eigenvalue weighted by molar-refractivity contribution is -0.125. The number of carbonyl (C=O) groups excluding carboxylic acids is 3. The van der Waals surface area contributed by atoms with Crippen LogP contribution in [0.2, 0.25) is 0 Å². The van der Waals surface area contributed by atoms with E-state index in [1.807, 2.05) is 41.2 Å². The number of amides is 4. The first-order chi connectivity index (χ1) is 15.1. The molecule has 0 radical (unpaired) electrons. The maximum atomic E-state index is 12.3. The summed E-state index contributed by atoms with van der Waals surface area (Å²) in [6.07, 6.45) is 3.63. The smallest absolute Gasteiger partial charge is 0.319 e. The van der Waals surface area contributed by atoms with E-state index in [-0.39, 0.29) is 29.5 Å². The molecular weight excluding hydrogens is 414 g/mol. The molecule has 1 aliphatic rings. The first-order valence-electron chi connectivity index (χ1n) is 9.73. The number of carbonyl (C=O) groups is 3. The van der Waals surface area contributed by atoms with Crippen molar-refractivity contribution in [2.24, 2.45) is 0 Å². The zero-order valence-corrected chi connectivity index (χ0v) is 17.5. The van der Waals surface area contributed by atoms with Gasteiger partial charge in [0.1, 0.15) is 0 Å². The molecule has 158 valence electrons. The molecule has 2 aromatic carbocycles. The number of nitrogens with one attached hydrogen (secondary N) is 2. The van der Waals surface area contributed by atoms with E-state index in [9.17, 15) is 14.4 Å². The SMILES string of the molecule is O=C(NCc1ccccc1Cn1cccn1)Nc1ccc(CN2C(=O)CSC2=O)cc1. The molecule has 0 unspecified atom stereocenters. The Hall–Kier alpha value is -3.59. The summed E-state index contributed by atoms with van der Waals surface area (Å²) < 4.78 is 1.84. The highest BCUT2D eigenvalue weighted by Crippen LogP contribution is 2.22. The van der Waals surface area contributed by atoms with Crippen LogP contribution < -0.4 is 10.6 Å². The summed E-state index contributed by atoms with van der Waals surface area (Å²) in [7, 11) is 0.